The fraction of sp³-hybridized carbons (Fsp3) is 0.316. The molecule has 0 amide bonds. The van der Waals surface area contributed by atoms with Crippen molar-refractivity contribution in [2.45, 2.75) is 20.3 Å². The lowest BCUT2D eigenvalue weighted by Gasteiger charge is -2.38. The second-order valence-electron chi connectivity index (χ2n) is 6.20. The lowest BCUT2D eigenvalue weighted by Crippen LogP contribution is -2.40. The molecule has 5 nitrogen and oxygen atoms in total. The molecule has 1 heterocycles. The van der Waals surface area contributed by atoms with Crippen LogP contribution >= 0.6 is 0 Å². The number of carboxylic acids is 1. The smallest absolute Gasteiger partial charge is 0.307 e. The average molecular weight is 325 g/mol. The number of aliphatic carboxylic acids is 1. The molecule has 0 spiro atoms. The van der Waals surface area contributed by atoms with E-state index in [9.17, 15) is 14.7 Å². The van der Waals surface area contributed by atoms with Crippen LogP contribution in [0.3, 0.4) is 0 Å². The Balaban J connectivity index is 2.18. The van der Waals surface area contributed by atoms with Gasteiger partial charge < -0.3 is 9.63 Å². The molecule has 3 rings (SSSR count). The molecule has 1 saturated carbocycles. The summed E-state index contributed by atoms with van der Waals surface area (Å²) in [5.74, 6) is -0.931. The van der Waals surface area contributed by atoms with E-state index in [1.165, 1.54) is 0 Å². The van der Waals surface area contributed by atoms with Crippen molar-refractivity contribution in [2.75, 3.05) is 0 Å². The van der Waals surface area contributed by atoms with Crippen molar-refractivity contribution in [2.24, 2.45) is 17.8 Å². The van der Waals surface area contributed by atoms with Crippen molar-refractivity contribution in [1.29, 1.82) is 0 Å². The first kappa shape index (κ1) is 16.2. The lowest BCUT2D eigenvalue weighted by molar-refractivity contribution is -0.148. The summed E-state index contributed by atoms with van der Waals surface area (Å²) in [7, 11) is 0. The third kappa shape index (κ3) is 2.66. The molecule has 1 aromatic heterocycles. The third-order valence-electron chi connectivity index (χ3n) is 4.78. The fourth-order valence-corrected chi connectivity index (χ4v) is 3.34. The van der Waals surface area contributed by atoms with Gasteiger partial charge in [-0.15, -0.1) is 0 Å². The van der Waals surface area contributed by atoms with Gasteiger partial charge in [0, 0.05) is 16.3 Å². The number of nitrogens with zero attached hydrogens (tertiary/aromatic N) is 1. The van der Waals surface area contributed by atoms with E-state index in [2.05, 4.69) is 5.16 Å². The molecule has 1 N–H and O–H groups in total. The van der Waals surface area contributed by atoms with Crippen LogP contribution in [-0.2, 0) is 4.79 Å². The highest BCUT2D eigenvalue weighted by Crippen LogP contribution is 2.41. The van der Waals surface area contributed by atoms with E-state index in [1.54, 1.807) is 18.2 Å². The summed E-state index contributed by atoms with van der Waals surface area (Å²) >= 11 is 0. The molecule has 1 aliphatic rings. The Hall–Kier alpha value is -2.69. The summed E-state index contributed by atoms with van der Waals surface area (Å²) in [5, 5.41) is 14.2. The summed E-state index contributed by atoms with van der Waals surface area (Å²) in [4.78, 5) is 22.7. The molecule has 1 aliphatic carbocycles. The van der Waals surface area contributed by atoms with Gasteiger partial charge in [-0.3, -0.25) is 9.59 Å². The topological polar surface area (TPSA) is 80.4 Å². The Labute approximate surface area is 139 Å². The predicted octanol–water partition coefficient (Wildman–Crippen LogP) is 2.09. The molecule has 3 unspecified atom stereocenters. The Kier molecular flexibility index (Phi) is 4.34. The molecule has 0 saturated heterocycles. The zero-order valence-electron chi connectivity index (χ0n) is 13.6. The van der Waals surface area contributed by atoms with E-state index in [4.69, 9.17) is 4.52 Å². The number of aromatic nitrogens is 1. The van der Waals surface area contributed by atoms with Gasteiger partial charge in [0.25, 0.3) is 0 Å². The maximum atomic E-state index is 11.4. The minimum Gasteiger partial charge on any atom is -0.481 e. The monoisotopic (exact) mass is 325 g/mol. The molecule has 2 aromatic rings. The number of benzene rings is 1. The highest BCUT2D eigenvalue weighted by atomic mass is 16.5. The summed E-state index contributed by atoms with van der Waals surface area (Å²) in [6.45, 7) is 3.88. The van der Waals surface area contributed by atoms with Crippen molar-refractivity contribution in [1.82, 2.24) is 5.16 Å². The van der Waals surface area contributed by atoms with Crippen LogP contribution in [0, 0.1) is 17.8 Å². The number of hydrogen-bond acceptors (Lipinski definition) is 4. The van der Waals surface area contributed by atoms with Crippen LogP contribution < -0.4 is 10.6 Å². The van der Waals surface area contributed by atoms with E-state index >= 15 is 0 Å². The van der Waals surface area contributed by atoms with E-state index < -0.39 is 5.97 Å². The Morgan fingerprint density at radius 3 is 2.75 bits per heavy atom. The minimum atomic E-state index is -0.775. The van der Waals surface area contributed by atoms with E-state index in [1.807, 2.05) is 32.1 Å². The van der Waals surface area contributed by atoms with Gasteiger partial charge in [-0.25, -0.2) is 0 Å². The second kappa shape index (κ2) is 6.43. The van der Waals surface area contributed by atoms with Crippen LogP contribution in [0.4, 0.5) is 0 Å². The summed E-state index contributed by atoms with van der Waals surface area (Å²) in [6, 6.07) is 7.17. The Morgan fingerprint density at radius 1 is 1.38 bits per heavy atom. The van der Waals surface area contributed by atoms with Gasteiger partial charge in [-0.1, -0.05) is 42.4 Å². The van der Waals surface area contributed by atoms with Crippen molar-refractivity contribution in [3.8, 4) is 11.3 Å². The summed E-state index contributed by atoms with van der Waals surface area (Å²) in [6.07, 6.45) is 5.20. The maximum absolute atomic E-state index is 11.4. The minimum absolute atomic E-state index is 0.0669. The van der Waals surface area contributed by atoms with Crippen LogP contribution in [-0.4, -0.2) is 22.5 Å². The lowest BCUT2D eigenvalue weighted by atomic mass is 9.65. The van der Waals surface area contributed by atoms with Crippen molar-refractivity contribution < 1.29 is 19.2 Å². The predicted molar refractivity (Wildman–Crippen MR) is 89.6 cm³/mol. The van der Waals surface area contributed by atoms with E-state index in [0.29, 0.717) is 34.6 Å². The van der Waals surface area contributed by atoms with Crippen molar-refractivity contribution >= 4 is 24.4 Å². The molecule has 5 heteroatoms. The number of hydrogen-bond donors (Lipinski definition) is 1. The van der Waals surface area contributed by atoms with E-state index in [-0.39, 0.29) is 11.8 Å². The fourth-order valence-electron chi connectivity index (χ4n) is 3.34. The average Bonchev–Trinajstić information content (AvgIpc) is 2.99. The quantitative estimate of drug-likeness (QED) is 0.871. The normalized spacial score (nSPS) is 24.7. The Morgan fingerprint density at radius 2 is 2.12 bits per heavy atom. The number of carboxylic acid groups (broad SMARTS) is 1. The number of carbonyl (C=O) groups excluding carboxylic acids is 1. The van der Waals surface area contributed by atoms with Gasteiger partial charge in [0.1, 0.15) is 5.69 Å². The Bertz CT molecular complexity index is 896. The first-order chi connectivity index (χ1) is 11.6. The van der Waals surface area contributed by atoms with Gasteiger partial charge in [0.2, 0.25) is 0 Å². The van der Waals surface area contributed by atoms with E-state index in [0.717, 1.165) is 11.5 Å². The molecule has 0 aliphatic heterocycles. The second-order valence-corrected chi connectivity index (χ2v) is 6.20. The standard InChI is InChI=1S/C19H19NO4/c1-3-17-16(9-14-11(2)8-15(14)19(22)23)18(20-24-17)13-7-5-4-6-12(13)10-21/h3-7,9-11,14-15H,8H2,1-2H3,(H,22,23)/b16-9+,17-3+. The summed E-state index contributed by atoms with van der Waals surface area (Å²) in [5.41, 5.74) is 2.39. The van der Waals surface area contributed by atoms with Gasteiger partial charge in [0.05, 0.1) is 5.92 Å². The molecule has 3 atom stereocenters. The SMILES string of the molecule is C/C=c1/onc(-c2ccccc2C=O)/c1=C/C1C(C)CC1C(=O)O. The molecule has 0 radical (unpaired) electrons. The first-order valence-corrected chi connectivity index (χ1v) is 7.98. The molecule has 1 aromatic carbocycles. The maximum Gasteiger partial charge on any atom is 0.307 e. The highest BCUT2D eigenvalue weighted by Gasteiger charge is 2.41. The van der Waals surface area contributed by atoms with Crippen LogP contribution in [0.25, 0.3) is 23.4 Å². The molecule has 24 heavy (non-hydrogen) atoms. The molecule has 124 valence electrons. The van der Waals surface area contributed by atoms with Gasteiger partial charge in [-0.2, -0.15) is 0 Å². The van der Waals surface area contributed by atoms with Crippen LogP contribution in [0.1, 0.15) is 30.6 Å². The molecule has 0 bridgehead atoms. The van der Waals surface area contributed by atoms with Gasteiger partial charge in [0.15, 0.2) is 11.7 Å². The molecule has 1 fully saturated rings. The molecular formula is C19H19NO4. The highest BCUT2D eigenvalue weighted by molar-refractivity contribution is 5.86. The number of rotatable bonds is 4. The van der Waals surface area contributed by atoms with Gasteiger partial charge >= 0.3 is 5.97 Å². The van der Waals surface area contributed by atoms with Crippen LogP contribution in [0.15, 0.2) is 28.8 Å². The number of aldehydes is 1. The number of carbonyl (C=O) groups is 2. The molecular weight excluding hydrogens is 306 g/mol. The summed E-state index contributed by atoms with van der Waals surface area (Å²) < 4.78 is 5.40. The van der Waals surface area contributed by atoms with Gasteiger partial charge in [-0.05, 0) is 31.3 Å². The zero-order chi connectivity index (χ0) is 17.3. The van der Waals surface area contributed by atoms with Crippen molar-refractivity contribution in [3.63, 3.8) is 0 Å². The largest absolute Gasteiger partial charge is 0.481 e. The first-order valence-electron chi connectivity index (χ1n) is 7.98. The van der Waals surface area contributed by atoms with Crippen molar-refractivity contribution in [3.05, 3.63) is 40.5 Å². The van der Waals surface area contributed by atoms with Crippen LogP contribution in [0.2, 0.25) is 0 Å². The zero-order valence-corrected chi connectivity index (χ0v) is 13.6. The van der Waals surface area contributed by atoms with Crippen LogP contribution in [0.5, 0.6) is 0 Å². The third-order valence-corrected chi connectivity index (χ3v) is 4.78.